The molecule has 1 aliphatic heterocycles. The normalized spacial score (nSPS) is 20.2. The van der Waals surface area contributed by atoms with Gasteiger partial charge in [-0.25, -0.2) is 13.1 Å². The molecule has 124 valence electrons. The fourth-order valence-electron chi connectivity index (χ4n) is 2.59. The smallest absolute Gasteiger partial charge is 0.288 e. The molecule has 6 nitrogen and oxygen atoms in total. The van der Waals surface area contributed by atoms with Gasteiger partial charge in [0, 0.05) is 6.04 Å². The quantitative estimate of drug-likeness (QED) is 0.767. The van der Waals surface area contributed by atoms with Crippen molar-refractivity contribution in [1.29, 1.82) is 0 Å². The first-order valence-corrected chi connectivity index (χ1v) is 9.70. The highest BCUT2D eigenvalue weighted by atomic mass is 35.5. The van der Waals surface area contributed by atoms with E-state index in [1.54, 1.807) is 16.8 Å². The third-order valence-corrected chi connectivity index (χ3v) is 6.27. The molecule has 1 aromatic carbocycles. The van der Waals surface area contributed by atoms with E-state index >= 15 is 0 Å². The molecule has 1 atom stereocenters. The van der Waals surface area contributed by atoms with Gasteiger partial charge in [-0.15, -0.1) is 5.10 Å². The summed E-state index contributed by atoms with van der Waals surface area (Å²) in [4.78, 5) is 2.16. The molecule has 9 heteroatoms. The van der Waals surface area contributed by atoms with Crippen LogP contribution in [0.4, 0.5) is 0 Å². The van der Waals surface area contributed by atoms with Gasteiger partial charge in [-0.05, 0) is 37.8 Å². The lowest BCUT2D eigenvalue weighted by molar-refractivity contribution is 0.194. The van der Waals surface area contributed by atoms with Gasteiger partial charge in [0.05, 0.1) is 28.8 Å². The minimum Gasteiger partial charge on any atom is -0.409 e. The lowest BCUT2D eigenvalue weighted by Crippen LogP contribution is -2.34. The monoisotopic (exact) mass is 373 g/mol. The molecule has 1 saturated heterocycles. The van der Waals surface area contributed by atoms with E-state index in [1.807, 2.05) is 24.1 Å². The first kappa shape index (κ1) is 16.6. The van der Waals surface area contributed by atoms with E-state index in [-0.39, 0.29) is 22.4 Å². The maximum Gasteiger partial charge on any atom is 0.288 e. The Labute approximate surface area is 144 Å². The van der Waals surface area contributed by atoms with Crippen LogP contribution < -0.4 is 0 Å². The van der Waals surface area contributed by atoms with E-state index < -0.39 is 9.84 Å². The van der Waals surface area contributed by atoms with Crippen LogP contribution in [0.5, 0.6) is 0 Å². The molecule has 1 aromatic heterocycles. The second-order valence-electron chi connectivity index (χ2n) is 5.61. The summed E-state index contributed by atoms with van der Waals surface area (Å²) in [6.07, 6.45) is 0.626. The first-order chi connectivity index (χ1) is 10.9. The lowest BCUT2D eigenvalue weighted by atomic mass is 10.2. The molecule has 2 aromatic rings. The predicted molar refractivity (Wildman–Crippen MR) is 90.6 cm³/mol. The maximum absolute atomic E-state index is 11.6. The Balaban J connectivity index is 1.80. The summed E-state index contributed by atoms with van der Waals surface area (Å²) in [7, 11) is -1.07. The van der Waals surface area contributed by atoms with Gasteiger partial charge in [0.2, 0.25) is 5.89 Å². The van der Waals surface area contributed by atoms with Crippen LogP contribution in [0.2, 0.25) is 5.02 Å². The van der Waals surface area contributed by atoms with Crippen molar-refractivity contribution in [3.05, 3.63) is 34.1 Å². The number of hydrogen-bond acceptors (Lipinski definition) is 6. The Kier molecular flexibility index (Phi) is 4.59. The van der Waals surface area contributed by atoms with Crippen molar-refractivity contribution in [2.45, 2.75) is 19.1 Å². The zero-order chi connectivity index (χ0) is 16.6. The summed E-state index contributed by atoms with van der Waals surface area (Å²) >= 11 is 11.3. The summed E-state index contributed by atoms with van der Waals surface area (Å²) in [5.74, 6) is 0.761. The van der Waals surface area contributed by atoms with Crippen molar-refractivity contribution in [2.75, 3.05) is 18.6 Å². The summed E-state index contributed by atoms with van der Waals surface area (Å²) in [6.45, 7) is 0.368. The highest BCUT2D eigenvalue weighted by Gasteiger charge is 2.31. The molecule has 2 heterocycles. The molecule has 1 aliphatic rings. The zero-order valence-corrected chi connectivity index (χ0v) is 14.9. The van der Waals surface area contributed by atoms with Gasteiger partial charge in [-0.1, -0.05) is 23.7 Å². The van der Waals surface area contributed by atoms with Crippen LogP contribution in [0, 0.1) is 4.84 Å². The first-order valence-electron chi connectivity index (χ1n) is 7.09. The van der Waals surface area contributed by atoms with Gasteiger partial charge in [0.15, 0.2) is 9.84 Å². The molecular weight excluding hydrogens is 358 g/mol. The SMILES string of the molecule is CN(Cn1nc(-c2ccccc2Cl)oc1=S)[C@H]1CCS(=O)(=O)C1. The Morgan fingerprint density at radius 3 is 2.87 bits per heavy atom. The molecule has 0 spiro atoms. The fourth-order valence-corrected chi connectivity index (χ4v) is 4.79. The Morgan fingerprint density at radius 2 is 2.22 bits per heavy atom. The molecule has 0 unspecified atom stereocenters. The Morgan fingerprint density at radius 1 is 1.48 bits per heavy atom. The van der Waals surface area contributed by atoms with Gasteiger partial charge < -0.3 is 4.42 Å². The lowest BCUT2D eigenvalue weighted by Gasteiger charge is -2.22. The van der Waals surface area contributed by atoms with Crippen LogP contribution >= 0.6 is 23.8 Å². The average Bonchev–Trinajstić information content (AvgIpc) is 3.03. The van der Waals surface area contributed by atoms with Crippen molar-refractivity contribution < 1.29 is 12.8 Å². The number of rotatable bonds is 4. The predicted octanol–water partition coefficient (Wildman–Crippen LogP) is 2.60. The van der Waals surface area contributed by atoms with Crippen LogP contribution in [0.1, 0.15) is 6.42 Å². The van der Waals surface area contributed by atoms with Crippen LogP contribution in [0.25, 0.3) is 11.5 Å². The van der Waals surface area contributed by atoms with Crippen molar-refractivity contribution in [3.63, 3.8) is 0 Å². The molecule has 0 amide bonds. The summed E-state index contributed by atoms with van der Waals surface area (Å²) in [5, 5.41) is 4.89. The molecule has 3 rings (SSSR count). The average molecular weight is 374 g/mol. The van der Waals surface area contributed by atoms with E-state index in [1.165, 1.54) is 0 Å². The van der Waals surface area contributed by atoms with E-state index in [9.17, 15) is 8.42 Å². The highest BCUT2D eigenvalue weighted by Crippen LogP contribution is 2.26. The molecule has 0 radical (unpaired) electrons. The Bertz CT molecular complexity index is 875. The van der Waals surface area contributed by atoms with Gasteiger partial charge in [0.25, 0.3) is 4.84 Å². The van der Waals surface area contributed by atoms with Crippen LogP contribution in [0.15, 0.2) is 28.7 Å². The third kappa shape index (κ3) is 3.65. The molecule has 0 N–H and O–H groups in total. The van der Waals surface area contributed by atoms with Gasteiger partial charge >= 0.3 is 0 Å². The van der Waals surface area contributed by atoms with E-state index in [0.29, 0.717) is 29.6 Å². The maximum atomic E-state index is 11.6. The van der Waals surface area contributed by atoms with E-state index in [2.05, 4.69) is 5.10 Å². The molecule has 1 fully saturated rings. The fraction of sp³-hybridized carbons (Fsp3) is 0.429. The summed E-state index contributed by atoms with van der Waals surface area (Å²) in [5.41, 5.74) is 0.671. The van der Waals surface area contributed by atoms with Crippen molar-refractivity contribution in [1.82, 2.24) is 14.7 Å². The summed E-state index contributed by atoms with van der Waals surface area (Å²) < 4.78 is 30.2. The minimum absolute atomic E-state index is 0.0256. The number of sulfone groups is 1. The second kappa shape index (κ2) is 6.35. The van der Waals surface area contributed by atoms with Gasteiger partial charge in [-0.2, -0.15) is 0 Å². The second-order valence-corrected chi connectivity index (χ2v) is 8.59. The molecule has 23 heavy (non-hydrogen) atoms. The number of aromatic nitrogens is 2. The molecule has 0 saturated carbocycles. The Hall–Kier alpha value is -1.22. The van der Waals surface area contributed by atoms with Gasteiger partial charge in [0.1, 0.15) is 0 Å². The third-order valence-electron chi connectivity index (χ3n) is 3.90. The topological polar surface area (TPSA) is 68.3 Å². The molecular formula is C14H16ClN3O3S2. The molecule has 0 aliphatic carbocycles. The number of nitrogens with zero attached hydrogens (tertiary/aromatic N) is 3. The summed E-state index contributed by atoms with van der Waals surface area (Å²) in [6, 6.07) is 7.20. The van der Waals surface area contributed by atoms with Crippen LogP contribution in [-0.4, -0.2) is 47.7 Å². The van der Waals surface area contributed by atoms with Crippen molar-refractivity contribution >= 4 is 33.7 Å². The van der Waals surface area contributed by atoms with Crippen molar-refractivity contribution in [3.8, 4) is 11.5 Å². The van der Waals surface area contributed by atoms with Crippen molar-refractivity contribution in [2.24, 2.45) is 0 Å². The largest absolute Gasteiger partial charge is 0.409 e. The molecule has 0 bridgehead atoms. The number of halogens is 1. The van der Waals surface area contributed by atoms with Crippen LogP contribution in [0.3, 0.4) is 0 Å². The van der Waals surface area contributed by atoms with Crippen LogP contribution in [-0.2, 0) is 16.5 Å². The zero-order valence-electron chi connectivity index (χ0n) is 12.5. The highest BCUT2D eigenvalue weighted by molar-refractivity contribution is 7.91. The minimum atomic E-state index is -2.92. The standard InChI is InChI=1S/C14H16ClN3O3S2/c1-17(10-6-7-23(19,20)8-10)9-18-14(22)21-13(16-18)11-4-2-3-5-12(11)15/h2-5,10H,6-9H2,1H3/t10-/m0/s1. The van der Waals surface area contributed by atoms with E-state index in [4.69, 9.17) is 28.2 Å². The number of hydrogen-bond donors (Lipinski definition) is 0. The van der Waals surface area contributed by atoms with Gasteiger partial charge in [-0.3, -0.25) is 4.90 Å². The number of benzene rings is 1. The van der Waals surface area contributed by atoms with E-state index in [0.717, 1.165) is 0 Å².